The van der Waals surface area contributed by atoms with Crippen molar-refractivity contribution < 1.29 is 33.3 Å². The van der Waals surface area contributed by atoms with Crippen LogP contribution >= 0.6 is 0 Å². The minimum Gasteiger partial charge on any atom is -0.418 e. The first-order valence-electron chi connectivity index (χ1n) is 13.2. The lowest BCUT2D eigenvalue weighted by molar-refractivity contribution is -0.385. The zero-order chi connectivity index (χ0) is 28.8. The normalized spacial score (nSPS) is 16.6. The van der Waals surface area contributed by atoms with E-state index in [-0.39, 0.29) is 17.3 Å². The lowest BCUT2D eigenvalue weighted by Gasteiger charge is -2.32. The minimum atomic E-state index is -1.01. The van der Waals surface area contributed by atoms with Crippen LogP contribution in [0.1, 0.15) is 41.9 Å². The van der Waals surface area contributed by atoms with E-state index in [4.69, 9.17) is 14.0 Å². The van der Waals surface area contributed by atoms with Crippen molar-refractivity contribution >= 4 is 23.5 Å². The number of nitrogens with one attached hydrogen (secondary N) is 1. The fraction of sp³-hybridized carbons (Fsp3) is 0.321. The molecule has 41 heavy (non-hydrogen) atoms. The molecule has 1 amide bonds. The number of nitrogens with zero attached hydrogens (tertiary/aromatic N) is 4. The number of carbonyl (C=O) groups excluding carboxylic acids is 3. The van der Waals surface area contributed by atoms with Gasteiger partial charge >= 0.3 is 17.6 Å². The van der Waals surface area contributed by atoms with Crippen molar-refractivity contribution in [1.29, 1.82) is 0 Å². The summed E-state index contributed by atoms with van der Waals surface area (Å²) in [4.78, 5) is 53.8. The maximum absolute atomic E-state index is 12.6. The summed E-state index contributed by atoms with van der Waals surface area (Å²) in [6, 6.07) is 12.7. The first kappa shape index (κ1) is 27.6. The van der Waals surface area contributed by atoms with Crippen molar-refractivity contribution in [1.82, 2.24) is 20.4 Å². The maximum Gasteiger partial charge on any atom is 0.336 e. The average Bonchev–Trinajstić information content (AvgIpc) is 3.46. The van der Waals surface area contributed by atoms with Crippen LogP contribution in [-0.4, -0.2) is 57.4 Å². The van der Waals surface area contributed by atoms with Gasteiger partial charge in [0, 0.05) is 31.3 Å². The predicted octanol–water partition coefficient (Wildman–Crippen LogP) is 3.45. The van der Waals surface area contributed by atoms with E-state index in [2.05, 4.69) is 44.6 Å². The molecule has 0 aliphatic carbocycles. The molecule has 0 bridgehead atoms. The smallest absolute Gasteiger partial charge is 0.336 e. The first-order chi connectivity index (χ1) is 19.9. The lowest BCUT2D eigenvalue weighted by Crippen LogP contribution is -2.33. The van der Waals surface area contributed by atoms with E-state index in [0.717, 1.165) is 63.5 Å². The fourth-order valence-corrected chi connectivity index (χ4v) is 4.84. The summed E-state index contributed by atoms with van der Waals surface area (Å²) in [6.07, 6.45) is 5.61. The summed E-state index contributed by atoms with van der Waals surface area (Å²) >= 11 is 0. The van der Waals surface area contributed by atoms with Gasteiger partial charge in [0.1, 0.15) is 0 Å². The Morgan fingerprint density at radius 3 is 2.44 bits per heavy atom. The third kappa shape index (κ3) is 6.81. The molecule has 2 aliphatic rings. The fourth-order valence-electron chi connectivity index (χ4n) is 4.84. The highest BCUT2D eigenvalue weighted by Crippen LogP contribution is 2.44. The van der Waals surface area contributed by atoms with Gasteiger partial charge in [-0.05, 0) is 56.3 Å². The standard InChI is InChI=1S/C28H27N5O8/c34-22-10-11-23(35)40-25-21(33(37)38)9-8-20(24(25)39-22)28-30-26(31-41-28)27(36)29-14-4-7-18-12-15-32(16-13-18)17-19-5-2-1-3-6-19/h1-3,5-6,8-11,18H,4,7,12-17H2,(H,29,36)/b11-10+. The van der Waals surface area contributed by atoms with Gasteiger partial charge in [0.2, 0.25) is 0 Å². The number of amides is 1. The second kappa shape index (κ2) is 12.5. The number of nitro benzene ring substituents is 1. The van der Waals surface area contributed by atoms with Crippen LogP contribution in [0.3, 0.4) is 0 Å². The molecule has 13 heteroatoms. The van der Waals surface area contributed by atoms with Crippen LogP contribution in [0.5, 0.6) is 11.5 Å². The molecule has 1 N–H and O–H groups in total. The summed E-state index contributed by atoms with van der Waals surface area (Å²) in [5, 5.41) is 17.9. The van der Waals surface area contributed by atoms with Crippen molar-refractivity contribution in [3.05, 3.63) is 76.1 Å². The number of fused-ring (bicyclic) bond motifs is 1. The molecule has 3 heterocycles. The van der Waals surface area contributed by atoms with Gasteiger partial charge in [0.25, 0.3) is 23.4 Å². The number of esters is 2. The molecule has 3 aromatic rings. The van der Waals surface area contributed by atoms with Crippen molar-refractivity contribution in [3.63, 3.8) is 0 Å². The van der Waals surface area contributed by atoms with E-state index in [1.807, 2.05) is 6.07 Å². The average molecular weight is 562 g/mol. The van der Waals surface area contributed by atoms with Gasteiger partial charge in [0.05, 0.1) is 10.5 Å². The first-order valence-corrected chi connectivity index (χ1v) is 13.2. The lowest BCUT2D eigenvalue weighted by atomic mass is 9.92. The van der Waals surface area contributed by atoms with Crippen LogP contribution in [0, 0.1) is 16.0 Å². The molecule has 2 aromatic carbocycles. The van der Waals surface area contributed by atoms with Gasteiger partial charge in [-0.15, -0.1) is 0 Å². The number of piperidine rings is 1. The second-order valence-corrected chi connectivity index (χ2v) is 9.75. The highest BCUT2D eigenvalue weighted by Gasteiger charge is 2.31. The zero-order valence-corrected chi connectivity index (χ0v) is 22.0. The van der Waals surface area contributed by atoms with Crippen LogP contribution in [0.2, 0.25) is 0 Å². The van der Waals surface area contributed by atoms with E-state index in [1.54, 1.807) is 0 Å². The molecule has 1 fully saturated rings. The molecular weight excluding hydrogens is 534 g/mol. The molecule has 13 nitrogen and oxygen atoms in total. The molecule has 2 aliphatic heterocycles. The number of ether oxygens (including phenoxy) is 2. The highest BCUT2D eigenvalue weighted by molar-refractivity contribution is 5.97. The van der Waals surface area contributed by atoms with E-state index >= 15 is 0 Å². The highest BCUT2D eigenvalue weighted by atomic mass is 16.6. The van der Waals surface area contributed by atoms with Gasteiger partial charge in [0.15, 0.2) is 5.75 Å². The topological polar surface area (TPSA) is 167 Å². The molecule has 5 rings (SSSR count). The molecule has 1 aromatic heterocycles. The Labute approximate surface area is 234 Å². The summed E-state index contributed by atoms with van der Waals surface area (Å²) in [5.74, 6) is -3.50. The number of benzene rings is 2. The Morgan fingerprint density at radius 1 is 1.02 bits per heavy atom. The molecule has 212 valence electrons. The van der Waals surface area contributed by atoms with Crippen molar-refractivity contribution in [2.75, 3.05) is 19.6 Å². The number of nitro groups is 1. The molecule has 0 spiro atoms. The predicted molar refractivity (Wildman–Crippen MR) is 143 cm³/mol. The van der Waals surface area contributed by atoms with Gasteiger partial charge in [-0.25, -0.2) is 9.59 Å². The molecule has 0 saturated carbocycles. The number of hydrogen-bond donors (Lipinski definition) is 1. The Bertz CT molecular complexity index is 1480. The summed E-state index contributed by atoms with van der Waals surface area (Å²) < 4.78 is 15.4. The largest absolute Gasteiger partial charge is 0.418 e. The van der Waals surface area contributed by atoms with E-state index in [1.165, 1.54) is 11.6 Å². The third-order valence-corrected chi connectivity index (χ3v) is 6.94. The molecule has 0 radical (unpaired) electrons. The Kier molecular flexibility index (Phi) is 8.44. The summed E-state index contributed by atoms with van der Waals surface area (Å²) in [7, 11) is 0. The van der Waals surface area contributed by atoms with Crippen LogP contribution in [0.25, 0.3) is 11.5 Å². The summed E-state index contributed by atoms with van der Waals surface area (Å²) in [5.41, 5.74) is 0.644. The summed E-state index contributed by atoms with van der Waals surface area (Å²) in [6.45, 7) is 3.49. The maximum atomic E-state index is 12.6. The Hall–Kier alpha value is -4.91. The van der Waals surface area contributed by atoms with E-state index in [0.29, 0.717) is 12.5 Å². The van der Waals surface area contributed by atoms with E-state index < -0.39 is 40.0 Å². The number of carbonyl (C=O) groups is 3. The van der Waals surface area contributed by atoms with E-state index in [9.17, 15) is 24.5 Å². The number of aromatic nitrogens is 2. The molecule has 0 atom stereocenters. The van der Waals surface area contributed by atoms with Crippen molar-refractivity contribution in [3.8, 4) is 23.0 Å². The SMILES string of the molecule is O=C1/C=C/C(=O)Oc2c([N+](=O)[O-])ccc(-c3nc(C(=O)NCCCC4CCN(Cc5ccccc5)CC4)no3)c2O1. The van der Waals surface area contributed by atoms with Gasteiger partial charge in [-0.1, -0.05) is 35.5 Å². The van der Waals surface area contributed by atoms with Crippen molar-refractivity contribution in [2.24, 2.45) is 5.92 Å². The van der Waals surface area contributed by atoms with Crippen LogP contribution in [0.15, 0.2) is 59.1 Å². The number of hydrogen-bond acceptors (Lipinski definition) is 11. The third-order valence-electron chi connectivity index (χ3n) is 6.94. The van der Waals surface area contributed by atoms with Crippen LogP contribution in [-0.2, 0) is 16.1 Å². The number of rotatable bonds is 9. The number of likely N-dealkylation sites (tertiary alicyclic amines) is 1. The van der Waals surface area contributed by atoms with Gasteiger partial charge < -0.3 is 19.3 Å². The molecule has 0 unspecified atom stereocenters. The second-order valence-electron chi connectivity index (χ2n) is 9.75. The Balaban J connectivity index is 1.15. The molecular formula is C28H27N5O8. The zero-order valence-electron chi connectivity index (χ0n) is 22.0. The van der Waals surface area contributed by atoms with Crippen LogP contribution in [0.4, 0.5) is 5.69 Å². The van der Waals surface area contributed by atoms with Gasteiger partial charge in [-0.2, -0.15) is 4.98 Å². The van der Waals surface area contributed by atoms with Crippen LogP contribution < -0.4 is 14.8 Å². The monoisotopic (exact) mass is 561 g/mol. The Morgan fingerprint density at radius 2 is 1.73 bits per heavy atom. The van der Waals surface area contributed by atoms with Gasteiger partial charge in [-0.3, -0.25) is 19.8 Å². The van der Waals surface area contributed by atoms with Crippen molar-refractivity contribution in [2.45, 2.75) is 32.2 Å². The molecule has 1 saturated heterocycles. The minimum absolute atomic E-state index is 0.0628. The quantitative estimate of drug-likeness (QED) is 0.134.